The van der Waals surface area contributed by atoms with Crippen LogP contribution in [0.3, 0.4) is 0 Å². The second-order valence-electron chi connectivity index (χ2n) is 7.78. The van der Waals surface area contributed by atoms with Gasteiger partial charge >= 0.3 is 0 Å². The van der Waals surface area contributed by atoms with Gasteiger partial charge in [-0.2, -0.15) is 5.10 Å². The maximum Gasteiger partial charge on any atom is 0.257 e. The summed E-state index contributed by atoms with van der Waals surface area (Å²) in [4.78, 5) is 17.6. The highest BCUT2D eigenvalue weighted by molar-refractivity contribution is 6.36. The summed E-state index contributed by atoms with van der Waals surface area (Å²) in [6, 6.07) is 13.2. The molecule has 2 aromatic carbocycles. The molecule has 31 heavy (non-hydrogen) atoms. The van der Waals surface area contributed by atoms with Gasteiger partial charge < -0.3 is 9.80 Å². The average Bonchev–Trinajstić information content (AvgIpc) is 2.99. The van der Waals surface area contributed by atoms with Gasteiger partial charge in [-0.1, -0.05) is 46.9 Å². The van der Waals surface area contributed by atoms with E-state index in [-0.39, 0.29) is 11.9 Å². The largest absolute Gasteiger partial charge is 0.360 e. The van der Waals surface area contributed by atoms with Crippen molar-refractivity contribution in [2.75, 3.05) is 24.5 Å². The van der Waals surface area contributed by atoms with E-state index in [9.17, 15) is 4.79 Å². The lowest BCUT2D eigenvalue weighted by molar-refractivity contribution is 0.0720. The highest BCUT2D eigenvalue weighted by atomic mass is 35.5. The minimum Gasteiger partial charge on any atom is -0.360 e. The van der Waals surface area contributed by atoms with Gasteiger partial charge in [0.1, 0.15) is 0 Å². The third-order valence-corrected chi connectivity index (χ3v) is 6.65. The molecule has 0 bridgehead atoms. The van der Waals surface area contributed by atoms with Crippen LogP contribution in [0.4, 0.5) is 5.69 Å². The molecular formula is C23H23Cl3N4O. The van der Waals surface area contributed by atoms with Crippen molar-refractivity contribution in [1.82, 2.24) is 14.7 Å². The fourth-order valence-corrected chi connectivity index (χ4v) is 4.82. The van der Waals surface area contributed by atoms with Gasteiger partial charge in [0, 0.05) is 42.4 Å². The number of hydrogen-bond donors (Lipinski definition) is 0. The van der Waals surface area contributed by atoms with E-state index in [1.54, 1.807) is 10.7 Å². The lowest BCUT2D eigenvalue weighted by Gasteiger charge is -2.43. The summed E-state index contributed by atoms with van der Waals surface area (Å²) in [5.41, 5.74) is 4.25. The van der Waals surface area contributed by atoms with E-state index in [0.29, 0.717) is 40.3 Å². The van der Waals surface area contributed by atoms with E-state index < -0.39 is 0 Å². The molecule has 8 heteroatoms. The number of amides is 1. The number of benzene rings is 2. The van der Waals surface area contributed by atoms with Crippen LogP contribution in [0, 0.1) is 13.8 Å². The van der Waals surface area contributed by atoms with Crippen molar-refractivity contribution in [2.24, 2.45) is 7.05 Å². The van der Waals surface area contributed by atoms with Crippen molar-refractivity contribution >= 4 is 46.4 Å². The van der Waals surface area contributed by atoms with Gasteiger partial charge in [0.2, 0.25) is 0 Å². The highest BCUT2D eigenvalue weighted by Crippen LogP contribution is 2.37. The molecule has 2 heterocycles. The monoisotopic (exact) mass is 476 g/mol. The number of rotatable bonds is 3. The molecule has 1 atom stereocenters. The van der Waals surface area contributed by atoms with Gasteiger partial charge in [-0.3, -0.25) is 9.48 Å². The quantitative estimate of drug-likeness (QED) is 0.486. The number of carbonyl (C=O) groups is 1. The number of anilines is 1. The molecule has 4 rings (SSSR count). The van der Waals surface area contributed by atoms with Crippen molar-refractivity contribution in [3.8, 4) is 0 Å². The van der Waals surface area contributed by atoms with Crippen LogP contribution in [-0.2, 0) is 7.05 Å². The van der Waals surface area contributed by atoms with Crippen LogP contribution in [0.5, 0.6) is 0 Å². The van der Waals surface area contributed by atoms with Crippen molar-refractivity contribution in [1.29, 1.82) is 0 Å². The zero-order valence-corrected chi connectivity index (χ0v) is 19.8. The Bertz CT molecular complexity index is 1130. The van der Waals surface area contributed by atoms with E-state index in [1.165, 1.54) is 0 Å². The molecule has 1 aliphatic rings. The summed E-state index contributed by atoms with van der Waals surface area (Å²) < 4.78 is 1.75. The Morgan fingerprint density at radius 1 is 1.00 bits per heavy atom. The molecule has 3 aromatic rings. The Balaban J connectivity index is 1.70. The molecule has 1 saturated heterocycles. The van der Waals surface area contributed by atoms with Crippen molar-refractivity contribution in [2.45, 2.75) is 19.9 Å². The molecular weight excluding hydrogens is 455 g/mol. The minimum atomic E-state index is -0.0778. The van der Waals surface area contributed by atoms with Crippen molar-refractivity contribution in [3.63, 3.8) is 0 Å². The summed E-state index contributed by atoms with van der Waals surface area (Å²) >= 11 is 18.8. The molecule has 1 amide bonds. The topological polar surface area (TPSA) is 41.4 Å². The predicted octanol–water partition coefficient (Wildman–Crippen LogP) is 5.70. The van der Waals surface area contributed by atoms with Gasteiger partial charge in [-0.25, -0.2) is 0 Å². The molecule has 0 saturated carbocycles. The van der Waals surface area contributed by atoms with Crippen LogP contribution in [0.25, 0.3) is 0 Å². The second-order valence-corrected chi connectivity index (χ2v) is 9.06. The molecule has 0 radical (unpaired) electrons. The maximum atomic E-state index is 13.4. The summed E-state index contributed by atoms with van der Waals surface area (Å²) in [5.74, 6) is 0.00363. The van der Waals surface area contributed by atoms with Crippen LogP contribution >= 0.6 is 34.8 Å². The number of aryl methyl sites for hydroxylation is 2. The molecule has 1 unspecified atom stereocenters. The zero-order valence-electron chi connectivity index (χ0n) is 17.6. The van der Waals surface area contributed by atoms with Crippen LogP contribution in [-0.4, -0.2) is 40.2 Å². The zero-order chi connectivity index (χ0) is 22.3. The molecule has 1 aliphatic heterocycles. The first-order chi connectivity index (χ1) is 14.8. The van der Waals surface area contributed by atoms with E-state index in [1.807, 2.05) is 62.2 Å². The van der Waals surface area contributed by atoms with E-state index in [4.69, 9.17) is 34.8 Å². The number of nitrogens with zero attached hydrogens (tertiary/aromatic N) is 4. The first-order valence-corrected chi connectivity index (χ1v) is 11.2. The predicted molar refractivity (Wildman–Crippen MR) is 127 cm³/mol. The Labute approximate surface area is 197 Å². The number of carbonyl (C=O) groups excluding carboxylic acids is 1. The lowest BCUT2D eigenvalue weighted by atomic mass is 10.00. The SMILES string of the molecule is Cc1nn(C)c(C)c1C(=O)N1CCN(c2ccc(Cl)cc2Cl)C(c2ccc(Cl)cc2)C1. The van der Waals surface area contributed by atoms with E-state index in [0.717, 1.165) is 22.6 Å². The lowest BCUT2D eigenvalue weighted by Crippen LogP contribution is -2.51. The fourth-order valence-electron chi connectivity index (χ4n) is 4.18. The summed E-state index contributed by atoms with van der Waals surface area (Å²) in [5, 5.41) is 6.26. The van der Waals surface area contributed by atoms with Gasteiger partial charge in [-0.15, -0.1) is 0 Å². The van der Waals surface area contributed by atoms with Gasteiger partial charge in [-0.05, 0) is 49.7 Å². The van der Waals surface area contributed by atoms with Crippen molar-refractivity contribution in [3.05, 3.63) is 80.0 Å². The second kappa shape index (κ2) is 8.73. The average molecular weight is 478 g/mol. The number of hydrogen-bond acceptors (Lipinski definition) is 3. The van der Waals surface area contributed by atoms with Gasteiger partial charge in [0.05, 0.1) is 28.0 Å². The number of halogens is 3. The standard InChI is InChI=1S/C23H23Cl3N4O/c1-14-22(15(2)28(3)27-14)23(31)29-10-11-30(20-9-8-18(25)12-19(20)26)21(13-29)16-4-6-17(24)7-5-16/h4-9,12,21H,10-11,13H2,1-3H3. The maximum absolute atomic E-state index is 13.4. The normalized spacial score (nSPS) is 16.6. The van der Waals surface area contributed by atoms with E-state index >= 15 is 0 Å². The summed E-state index contributed by atoms with van der Waals surface area (Å²) in [7, 11) is 1.86. The van der Waals surface area contributed by atoms with Crippen LogP contribution in [0.1, 0.15) is 33.4 Å². The molecule has 162 valence electrons. The molecule has 1 aromatic heterocycles. The van der Waals surface area contributed by atoms with Crippen LogP contribution in [0.2, 0.25) is 15.1 Å². The minimum absolute atomic E-state index is 0.00363. The Morgan fingerprint density at radius 2 is 1.68 bits per heavy atom. The molecule has 0 N–H and O–H groups in total. The van der Waals surface area contributed by atoms with Crippen LogP contribution < -0.4 is 4.90 Å². The first kappa shape index (κ1) is 22.0. The Hall–Kier alpha value is -2.21. The smallest absolute Gasteiger partial charge is 0.257 e. The molecule has 1 fully saturated rings. The van der Waals surface area contributed by atoms with E-state index in [2.05, 4.69) is 10.00 Å². The third kappa shape index (κ3) is 4.27. The third-order valence-electron chi connectivity index (χ3n) is 5.86. The number of aromatic nitrogens is 2. The van der Waals surface area contributed by atoms with Gasteiger partial charge in [0.25, 0.3) is 5.91 Å². The molecule has 0 aliphatic carbocycles. The first-order valence-electron chi connectivity index (χ1n) is 10.0. The highest BCUT2D eigenvalue weighted by Gasteiger charge is 2.33. The van der Waals surface area contributed by atoms with Crippen LogP contribution in [0.15, 0.2) is 42.5 Å². The fraction of sp³-hybridized carbons (Fsp3) is 0.304. The van der Waals surface area contributed by atoms with Crippen molar-refractivity contribution < 1.29 is 4.79 Å². The Kier molecular flexibility index (Phi) is 6.20. The molecule has 0 spiro atoms. The number of piperazine rings is 1. The Morgan fingerprint density at radius 3 is 2.29 bits per heavy atom. The summed E-state index contributed by atoms with van der Waals surface area (Å²) in [6.45, 7) is 5.54. The summed E-state index contributed by atoms with van der Waals surface area (Å²) in [6.07, 6.45) is 0. The van der Waals surface area contributed by atoms with Gasteiger partial charge in [0.15, 0.2) is 0 Å². The molecule has 5 nitrogen and oxygen atoms in total.